The summed E-state index contributed by atoms with van der Waals surface area (Å²) >= 11 is 0. The molecular formula is C11H18N2O. The summed E-state index contributed by atoms with van der Waals surface area (Å²) < 4.78 is 5.21. The summed E-state index contributed by atoms with van der Waals surface area (Å²) in [6.45, 7) is 2.04. The van der Waals surface area contributed by atoms with Gasteiger partial charge in [0.15, 0.2) is 0 Å². The van der Waals surface area contributed by atoms with E-state index in [1.54, 1.807) is 7.11 Å². The zero-order valence-corrected chi connectivity index (χ0v) is 8.73. The molecule has 3 heteroatoms. The van der Waals surface area contributed by atoms with E-state index in [0.29, 0.717) is 0 Å². The van der Waals surface area contributed by atoms with Crippen LogP contribution in [-0.4, -0.2) is 13.2 Å². The lowest BCUT2D eigenvalue weighted by Gasteiger charge is -2.19. The zero-order chi connectivity index (χ0) is 10.4. The number of nitrogens with two attached hydrogens (primary N) is 1. The Balaban J connectivity index is 2.63. The van der Waals surface area contributed by atoms with Gasteiger partial charge in [0, 0.05) is 13.2 Å². The Kier molecular flexibility index (Phi) is 4.59. The quantitative estimate of drug-likeness (QED) is 0.553. The van der Waals surface area contributed by atoms with Gasteiger partial charge in [0.2, 0.25) is 0 Å². The molecule has 0 bridgehead atoms. The van der Waals surface area contributed by atoms with E-state index >= 15 is 0 Å². The van der Waals surface area contributed by atoms with E-state index in [1.165, 1.54) is 5.56 Å². The highest BCUT2D eigenvalue weighted by Crippen LogP contribution is 2.17. The molecule has 0 amide bonds. The van der Waals surface area contributed by atoms with Crippen LogP contribution in [0.2, 0.25) is 0 Å². The second kappa shape index (κ2) is 5.75. The molecule has 2 atom stereocenters. The maximum absolute atomic E-state index is 5.50. The molecule has 0 saturated carbocycles. The van der Waals surface area contributed by atoms with Crippen LogP contribution in [0.1, 0.15) is 24.9 Å². The van der Waals surface area contributed by atoms with Crippen molar-refractivity contribution in [1.82, 2.24) is 5.43 Å². The monoisotopic (exact) mass is 194 g/mol. The number of hydrogen-bond acceptors (Lipinski definition) is 3. The second-order valence-corrected chi connectivity index (χ2v) is 3.41. The van der Waals surface area contributed by atoms with Crippen molar-refractivity contribution in [2.75, 3.05) is 7.11 Å². The normalized spacial score (nSPS) is 15.1. The molecule has 3 N–H and O–H groups in total. The molecule has 0 aliphatic carbocycles. The van der Waals surface area contributed by atoms with Crippen LogP contribution in [-0.2, 0) is 4.74 Å². The largest absolute Gasteiger partial charge is 0.382 e. The van der Waals surface area contributed by atoms with Gasteiger partial charge in [0.05, 0.1) is 6.10 Å². The fourth-order valence-corrected chi connectivity index (χ4v) is 1.41. The molecule has 0 heterocycles. The topological polar surface area (TPSA) is 47.3 Å². The van der Waals surface area contributed by atoms with Crippen LogP contribution in [0.5, 0.6) is 0 Å². The molecule has 3 nitrogen and oxygen atoms in total. The summed E-state index contributed by atoms with van der Waals surface area (Å²) in [5.41, 5.74) is 4.00. The van der Waals surface area contributed by atoms with Crippen molar-refractivity contribution >= 4 is 0 Å². The summed E-state index contributed by atoms with van der Waals surface area (Å²) in [4.78, 5) is 0. The minimum absolute atomic E-state index is 0.158. The number of hydrogen-bond donors (Lipinski definition) is 2. The molecule has 78 valence electrons. The first kappa shape index (κ1) is 11.2. The van der Waals surface area contributed by atoms with Crippen LogP contribution in [0, 0.1) is 0 Å². The summed E-state index contributed by atoms with van der Waals surface area (Å²) in [7, 11) is 1.71. The SMILES string of the molecule is COC(C)CC(NN)c1ccccc1. The molecule has 0 radical (unpaired) electrons. The number of benzene rings is 1. The lowest BCUT2D eigenvalue weighted by Crippen LogP contribution is -2.30. The van der Waals surface area contributed by atoms with Crippen LogP contribution < -0.4 is 11.3 Å². The highest BCUT2D eigenvalue weighted by Gasteiger charge is 2.12. The number of ether oxygens (including phenoxy) is 1. The third-order valence-electron chi connectivity index (χ3n) is 2.37. The minimum Gasteiger partial charge on any atom is -0.382 e. The molecule has 2 unspecified atom stereocenters. The molecule has 14 heavy (non-hydrogen) atoms. The molecule has 0 aliphatic rings. The van der Waals surface area contributed by atoms with Crippen molar-refractivity contribution in [2.45, 2.75) is 25.5 Å². The molecule has 1 aromatic rings. The summed E-state index contributed by atoms with van der Waals surface area (Å²) in [6, 6.07) is 10.3. The minimum atomic E-state index is 0.158. The van der Waals surface area contributed by atoms with E-state index in [1.807, 2.05) is 25.1 Å². The van der Waals surface area contributed by atoms with Crippen LogP contribution >= 0.6 is 0 Å². The predicted molar refractivity (Wildman–Crippen MR) is 57.6 cm³/mol. The number of rotatable bonds is 5. The Labute approximate surface area is 85.2 Å². The molecule has 1 rings (SSSR count). The molecular weight excluding hydrogens is 176 g/mol. The van der Waals surface area contributed by atoms with Crippen molar-refractivity contribution in [2.24, 2.45) is 5.84 Å². The molecule has 0 spiro atoms. The maximum Gasteiger partial charge on any atom is 0.0561 e. The van der Waals surface area contributed by atoms with Crippen molar-refractivity contribution in [3.63, 3.8) is 0 Å². The van der Waals surface area contributed by atoms with Crippen molar-refractivity contribution in [3.05, 3.63) is 35.9 Å². The van der Waals surface area contributed by atoms with Gasteiger partial charge < -0.3 is 4.74 Å². The van der Waals surface area contributed by atoms with Gasteiger partial charge in [-0.2, -0.15) is 0 Å². The van der Waals surface area contributed by atoms with Gasteiger partial charge in [-0.15, -0.1) is 0 Å². The Hall–Kier alpha value is -0.900. The average molecular weight is 194 g/mol. The van der Waals surface area contributed by atoms with E-state index < -0.39 is 0 Å². The fraction of sp³-hybridized carbons (Fsp3) is 0.455. The molecule has 0 fully saturated rings. The van der Waals surface area contributed by atoms with E-state index in [-0.39, 0.29) is 12.1 Å². The average Bonchev–Trinajstić information content (AvgIpc) is 2.26. The van der Waals surface area contributed by atoms with Gasteiger partial charge in [-0.05, 0) is 18.9 Å². The van der Waals surface area contributed by atoms with Gasteiger partial charge in [0.25, 0.3) is 0 Å². The van der Waals surface area contributed by atoms with Gasteiger partial charge >= 0.3 is 0 Å². The van der Waals surface area contributed by atoms with Crippen molar-refractivity contribution in [3.8, 4) is 0 Å². The second-order valence-electron chi connectivity index (χ2n) is 3.41. The highest BCUT2D eigenvalue weighted by molar-refractivity contribution is 5.18. The summed E-state index contributed by atoms with van der Waals surface area (Å²) in [5.74, 6) is 5.50. The van der Waals surface area contributed by atoms with Crippen LogP contribution in [0.4, 0.5) is 0 Å². The third kappa shape index (κ3) is 3.10. The molecule has 0 aliphatic heterocycles. The zero-order valence-electron chi connectivity index (χ0n) is 8.73. The Morgan fingerprint density at radius 1 is 1.36 bits per heavy atom. The van der Waals surface area contributed by atoms with Crippen molar-refractivity contribution < 1.29 is 4.74 Å². The van der Waals surface area contributed by atoms with Crippen LogP contribution in [0.15, 0.2) is 30.3 Å². The van der Waals surface area contributed by atoms with Gasteiger partial charge in [0.1, 0.15) is 0 Å². The van der Waals surface area contributed by atoms with Crippen LogP contribution in [0.3, 0.4) is 0 Å². The number of hydrazine groups is 1. The van der Waals surface area contributed by atoms with E-state index in [9.17, 15) is 0 Å². The molecule has 1 aromatic carbocycles. The van der Waals surface area contributed by atoms with Gasteiger partial charge in [-0.3, -0.25) is 11.3 Å². The first-order chi connectivity index (χ1) is 6.77. The lowest BCUT2D eigenvalue weighted by atomic mass is 10.0. The number of methoxy groups -OCH3 is 1. The fourth-order valence-electron chi connectivity index (χ4n) is 1.41. The standard InChI is InChI=1S/C11H18N2O/c1-9(14-2)8-11(13-12)10-6-4-3-5-7-10/h3-7,9,11,13H,8,12H2,1-2H3. The predicted octanol–water partition coefficient (Wildman–Crippen LogP) is 1.62. The Bertz CT molecular complexity index is 251. The van der Waals surface area contributed by atoms with Gasteiger partial charge in [-0.25, -0.2) is 0 Å². The Morgan fingerprint density at radius 3 is 2.50 bits per heavy atom. The van der Waals surface area contributed by atoms with E-state index in [4.69, 9.17) is 10.6 Å². The van der Waals surface area contributed by atoms with Gasteiger partial charge in [-0.1, -0.05) is 30.3 Å². The molecule has 0 saturated heterocycles. The van der Waals surface area contributed by atoms with E-state index in [0.717, 1.165) is 6.42 Å². The first-order valence-corrected chi connectivity index (χ1v) is 4.81. The summed E-state index contributed by atoms with van der Waals surface area (Å²) in [6.07, 6.45) is 1.08. The number of nitrogens with one attached hydrogen (secondary N) is 1. The molecule has 0 aromatic heterocycles. The highest BCUT2D eigenvalue weighted by atomic mass is 16.5. The Morgan fingerprint density at radius 2 is 2.00 bits per heavy atom. The lowest BCUT2D eigenvalue weighted by molar-refractivity contribution is 0.100. The first-order valence-electron chi connectivity index (χ1n) is 4.81. The smallest absolute Gasteiger partial charge is 0.0561 e. The van der Waals surface area contributed by atoms with Crippen LogP contribution in [0.25, 0.3) is 0 Å². The van der Waals surface area contributed by atoms with Crippen molar-refractivity contribution in [1.29, 1.82) is 0 Å². The third-order valence-corrected chi connectivity index (χ3v) is 2.37. The maximum atomic E-state index is 5.50. The van der Waals surface area contributed by atoms with E-state index in [2.05, 4.69) is 17.6 Å². The summed E-state index contributed by atoms with van der Waals surface area (Å²) in [5, 5.41) is 0.